The number of carbonyl (C=O) groups is 2. The fourth-order valence-electron chi connectivity index (χ4n) is 3.53. The number of likely N-dealkylation sites (tertiary alicyclic amines) is 1. The van der Waals surface area contributed by atoms with Gasteiger partial charge in [0.1, 0.15) is 17.8 Å². The Morgan fingerprint density at radius 2 is 1.85 bits per heavy atom. The number of ether oxygens (including phenoxy) is 3. The van der Waals surface area contributed by atoms with Gasteiger partial charge in [0.15, 0.2) is 11.6 Å². The standard InChI is InChI=1S/C20H27NO5/c1-19(2,3)26-18(23)21-12-16-17(25-20(4,5)24-16)14(21)11-15(22)13-9-7-6-8-10-13/h6-10,14,16-17H,11-12H2,1-5H3/t14-,16+,17-/m1/s1. The minimum atomic E-state index is -0.719. The SMILES string of the molecule is CC(C)(C)OC(=O)N1C[C@@H]2OC(C)(C)O[C@@H]2[C@H]1CC(=O)c1ccccc1. The molecular weight excluding hydrogens is 334 g/mol. The van der Waals surface area contributed by atoms with Crippen LogP contribution in [-0.2, 0) is 14.2 Å². The monoisotopic (exact) mass is 361 g/mol. The van der Waals surface area contributed by atoms with E-state index in [1.54, 1.807) is 17.0 Å². The van der Waals surface area contributed by atoms with Crippen LogP contribution >= 0.6 is 0 Å². The van der Waals surface area contributed by atoms with E-state index in [0.29, 0.717) is 12.1 Å². The quantitative estimate of drug-likeness (QED) is 0.772. The molecule has 0 aliphatic carbocycles. The number of hydrogen-bond donors (Lipinski definition) is 0. The Morgan fingerprint density at radius 1 is 1.19 bits per heavy atom. The van der Waals surface area contributed by atoms with Gasteiger partial charge in [0.25, 0.3) is 0 Å². The van der Waals surface area contributed by atoms with E-state index in [9.17, 15) is 9.59 Å². The van der Waals surface area contributed by atoms with Crippen LogP contribution in [0.25, 0.3) is 0 Å². The zero-order valence-electron chi connectivity index (χ0n) is 16.0. The molecule has 2 fully saturated rings. The molecule has 142 valence electrons. The molecule has 2 heterocycles. The van der Waals surface area contributed by atoms with Gasteiger partial charge in [0.05, 0.1) is 12.6 Å². The summed E-state index contributed by atoms with van der Waals surface area (Å²) >= 11 is 0. The number of rotatable bonds is 3. The Balaban J connectivity index is 1.80. The molecule has 2 aliphatic heterocycles. The second kappa shape index (κ2) is 6.67. The van der Waals surface area contributed by atoms with Crippen LogP contribution in [0, 0.1) is 0 Å². The number of benzene rings is 1. The van der Waals surface area contributed by atoms with Crippen LogP contribution in [0.4, 0.5) is 4.79 Å². The first kappa shape index (κ1) is 18.9. The molecule has 2 saturated heterocycles. The van der Waals surface area contributed by atoms with Crippen LogP contribution in [-0.4, -0.2) is 53.0 Å². The predicted octanol–water partition coefficient (Wildman–Crippen LogP) is 3.40. The van der Waals surface area contributed by atoms with E-state index < -0.39 is 23.5 Å². The highest BCUT2D eigenvalue weighted by Gasteiger charge is 2.54. The molecule has 0 aromatic heterocycles. The van der Waals surface area contributed by atoms with E-state index in [4.69, 9.17) is 14.2 Å². The third-order valence-corrected chi connectivity index (χ3v) is 4.50. The van der Waals surface area contributed by atoms with Crippen LogP contribution in [0.5, 0.6) is 0 Å². The summed E-state index contributed by atoms with van der Waals surface area (Å²) in [5, 5.41) is 0. The Labute approximate surface area is 154 Å². The number of carbonyl (C=O) groups excluding carboxylic acids is 2. The number of amides is 1. The van der Waals surface area contributed by atoms with Crippen LogP contribution in [0.1, 0.15) is 51.4 Å². The summed E-state index contributed by atoms with van der Waals surface area (Å²) in [4.78, 5) is 27.0. The number of ketones is 1. The molecule has 2 aliphatic rings. The van der Waals surface area contributed by atoms with Gasteiger partial charge < -0.3 is 14.2 Å². The third-order valence-electron chi connectivity index (χ3n) is 4.50. The van der Waals surface area contributed by atoms with Crippen LogP contribution in [0.2, 0.25) is 0 Å². The fraction of sp³-hybridized carbons (Fsp3) is 0.600. The van der Waals surface area contributed by atoms with E-state index in [1.165, 1.54) is 0 Å². The largest absolute Gasteiger partial charge is 0.444 e. The van der Waals surface area contributed by atoms with Crippen molar-refractivity contribution in [2.24, 2.45) is 0 Å². The molecule has 0 radical (unpaired) electrons. The first-order chi connectivity index (χ1) is 12.1. The highest BCUT2D eigenvalue weighted by Crippen LogP contribution is 2.38. The van der Waals surface area contributed by atoms with E-state index in [-0.39, 0.29) is 24.4 Å². The fourth-order valence-corrected chi connectivity index (χ4v) is 3.53. The lowest BCUT2D eigenvalue weighted by atomic mass is 10.00. The van der Waals surface area contributed by atoms with Crippen molar-refractivity contribution >= 4 is 11.9 Å². The lowest BCUT2D eigenvalue weighted by molar-refractivity contribution is -0.160. The summed E-state index contributed by atoms with van der Waals surface area (Å²) in [6.45, 7) is 9.51. The minimum absolute atomic E-state index is 0.0295. The Morgan fingerprint density at radius 3 is 2.46 bits per heavy atom. The zero-order valence-corrected chi connectivity index (χ0v) is 16.0. The minimum Gasteiger partial charge on any atom is -0.444 e. The van der Waals surface area contributed by atoms with Crippen molar-refractivity contribution in [1.82, 2.24) is 4.90 Å². The van der Waals surface area contributed by atoms with Gasteiger partial charge in [-0.1, -0.05) is 30.3 Å². The molecule has 0 N–H and O–H groups in total. The maximum absolute atomic E-state index is 12.7. The third kappa shape index (κ3) is 4.07. The summed E-state index contributed by atoms with van der Waals surface area (Å²) in [5.74, 6) is -0.748. The van der Waals surface area contributed by atoms with Crippen molar-refractivity contribution in [2.75, 3.05) is 6.54 Å². The van der Waals surface area contributed by atoms with Crippen molar-refractivity contribution in [3.63, 3.8) is 0 Å². The van der Waals surface area contributed by atoms with E-state index >= 15 is 0 Å². The summed E-state index contributed by atoms with van der Waals surface area (Å²) < 4.78 is 17.4. The van der Waals surface area contributed by atoms with E-state index in [2.05, 4.69) is 0 Å². The van der Waals surface area contributed by atoms with Crippen molar-refractivity contribution in [1.29, 1.82) is 0 Å². The van der Waals surface area contributed by atoms with Gasteiger partial charge in [0, 0.05) is 12.0 Å². The Kier molecular flexibility index (Phi) is 4.84. The topological polar surface area (TPSA) is 65.1 Å². The smallest absolute Gasteiger partial charge is 0.410 e. The molecule has 26 heavy (non-hydrogen) atoms. The van der Waals surface area contributed by atoms with Gasteiger partial charge in [-0.3, -0.25) is 9.69 Å². The molecule has 6 nitrogen and oxygen atoms in total. The maximum atomic E-state index is 12.7. The van der Waals surface area contributed by atoms with Crippen LogP contribution in [0.3, 0.4) is 0 Å². The predicted molar refractivity (Wildman–Crippen MR) is 95.9 cm³/mol. The van der Waals surface area contributed by atoms with Gasteiger partial charge in [0.2, 0.25) is 0 Å². The summed E-state index contributed by atoms with van der Waals surface area (Å²) in [6, 6.07) is 8.67. The lowest BCUT2D eigenvalue weighted by Gasteiger charge is -2.31. The van der Waals surface area contributed by atoms with Gasteiger partial charge >= 0.3 is 6.09 Å². The number of Topliss-reactive ketones (excluding diaryl/α,β-unsaturated/α-hetero) is 1. The molecule has 1 amide bonds. The second-order valence-corrected chi connectivity index (χ2v) is 8.33. The van der Waals surface area contributed by atoms with E-state index in [0.717, 1.165) is 0 Å². The average molecular weight is 361 g/mol. The van der Waals surface area contributed by atoms with Gasteiger partial charge in [-0.15, -0.1) is 0 Å². The highest BCUT2D eigenvalue weighted by molar-refractivity contribution is 5.96. The highest BCUT2D eigenvalue weighted by atomic mass is 16.8. The molecule has 6 heteroatoms. The van der Waals surface area contributed by atoms with Crippen molar-refractivity contribution in [3.8, 4) is 0 Å². The zero-order chi connectivity index (χ0) is 19.1. The van der Waals surface area contributed by atoms with Crippen molar-refractivity contribution < 1.29 is 23.8 Å². The van der Waals surface area contributed by atoms with Crippen LogP contribution < -0.4 is 0 Å². The molecule has 0 unspecified atom stereocenters. The lowest BCUT2D eigenvalue weighted by Crippen LogP contribution is -2.45. The van der Waals surface area contributed by atoms with Crippen molar-refractivity contribution in [3.05, 3.63) is 35.9 Å². The van der Waals surface area contributed by atoms with Crippen LogP contribution in [0.15, 0.2) is 30.3 Å². The summed E-state index contributed by atoms with van der Waals surface area (Å²) in [6.07, 6.45) is -0.872. The molecule has 0 bridgehead atoms. The van der Waals surface area contributed by atoms with Gasteiger partial charge in [-0.25, -0.2) is 4.79 Å². The molecule has 3 atom stereocenters. The Bertz CT molecular complexity index is 679. The first-order valence-electron chi connectivity index (χ1n) is 8.99. The molecule has 0 spiro atoms. The molecule has 3 rings (SSSR count). The first-order valence-corrected chi connectivity index (χ1v) is 8.99. The summed E-state index contributed by atoms with van der Waals surface area (Å²) in [7, 11) is 0. The van der Waals surface area contributed by atoms with E-state index in [1.807, 2.05) is 52.8 Å². The van der Waals surface area contributed by atoms with Gasteiger partial charge in [-0.05, 0) is 34.6 Å². The number of hydrogen-bond acceptors (Lipinski definition) is 5. The van der Waals surface area contributed by atoms with Crippen molar-refractivity contribution in [2.45, 2.75) is 70.7 Å². The molecule has 0 saturated carbocycles. The average Bonchev–Trinajstić information content (AvgIpc) is 2.99. The Hall–Kier alpha value is -1.92. The number of fused-ring (bicyclic) bond motifs is 1. The molecular formula is C20H27NO5. The molecule has 1 aromatic rings. The van der Waals surface area contributed by atoms with Gasteiger partial charge in [-0.2, -0.15) is 0 Å². The normalized spacial score (nSPS) is 27.3. The summed E-state index contributed by atoms with van der Waals surface area (Å²) in [5.41, 5.74) is 0.0160. The maximum Gasteiger partial charge on any atom is 0.410 e. The molecule has 1 aromatic carbocycles. The number of nitrogens with zero attached hydrogens (tertiary/aromatic N) is 1. The second-order valence-electron chi connectivity index (χ2n) is 8.33.